The molecule has 2 rings (SSSR count). The number of carbonyl (C=O) groups is 2. The summed E-state index contributed by atoms with van der Waals surface area (Å²) in [6.45, 7) is 3.28. The van der Waals surface area contributed by atoms with Crippen molar-refractivity contribution in [2.24, 2.45) is 0 Å². The highest BCUT2D eigenvalue weighted by molar-refractivity contribution is 5.97. The summed E-state index contributed by atoms with van der Waals surface area (Å²) in [6, 6.07) is 10.1. The molecule has 120 valence electrons. The Hall–Kier alpha value is -2.89. The second kappa shape index (κ2) is 6.91. The molecule has 0 bridgehead atoms. The summed E-state index contributed by atoms with van der Waals surface area (Å²) in [4.78, 5) is 24.0. The highest BCUT2D eigenvalue weighted by Gasteiger charge is 2.19. The van der Waals surface area contributed by atoms with E-state index in [1.165, 1.54) is 37.3 Å². The highest BCUT2D eigenvalue weighted by atomic mass is 19.1. The average molecular weight is 316 g/mol. The summed E-state index contributed by atoms with van der Waals surface area (Å²) >= 11 is 0. The van der Waals surface area contributed by atoms with Crippen LogP contribution in [0, 0.1) is 12.7 Å². The lowest BCUT2D eigenvalue weighted by molar-refractivity contribution is -0.123. The SMILES string of the molecule is Cc1ccc(C(=O)OC(C)C(=O)Nc2ccc(F)cc2)cc1N. The van der Waals surface area contributed by atoms with Gasteiger partial charge in [-0.2, -0.15) is 0 Å². The second-order valence-corrected chi connectivity index (χ2v) is 5.12. The predicted molar refractivity (Wildman–Crippen MR) is 85.5 cm³/mol. The number of hydrogen-bond acceptors (Lipinski definition) is 4. The molecule has 0 aliphatic rings. The zero-order valence-corrected chi connectivity index (χ0v) is 12.8. The first kappa shape index (κ1) is 16.5. The fraction of sp³-hybridized carbons (Fsp3) is 0.176. The summed E-state index contributed by atoms with van der Waals surface area (Å²) in [5.41, 5.74) is 7.76. The third kappa shape index (κ3) is 4.29. The van der Waals surface area contributed by atoms with Crippen molar-refractivity contribution in [2.45, 2.75) is 20.0 Å². The molecule has 0 aliphatic carbocycles. The van der Waals surface area contributed by atoms with Crippen LogP contribution in [0.3, 0.4) is 0 Å². The molecule has 0 fully saturated rings. The molecule has 1 atom stereocenters. The standard InChI is InChI=1S/C17H17FN2O3/c1-10-3-4-12(9-15(10)19)17(22)23-11(2)16(21)20-14-7-5-13(18)6-8-14/h3-9,11H,19H2,1-2H3,(H,20,21). The first-order valence-electron chi connectivity index (χ1n) is 7.00. The van der Waals surface area contributed by atoms with Gasteiger partial charge in [-0.25, -0.2) is 9.18 Å². The molecule has 6 heteroatoms. The van der Waals surface area contributed by atoms with E-state index in [-0.39, 0.29) is 5.56 Å². The molecule has 5 nitrogen and oxygen atoms in total. The molecule has 2 aromatic rings. The largest absolute Gasteiger partial charge is 0.449 e. The number of ether oxygens (including phenoxy) is 1. The fourth-order valence-corrected chi connectivity index (χ4v) is 1.83. The third-order valence-electron chi connectivity index (χ3n) is 3.28. The number of carbonyl (C=O) groups excluding carboxylic acids is 2. The molecule has 0 radical (unpaired) electrons. The Kier molecular flexibility index (Phi) is 4.95. The summed E-state index contributed by atoms with van der Waals surface area (Å²) in [5, 5.41) is 2.54. The summed E-state index contributed by atoms with van der Waals surface area (Å²) in [7, 11) is 0. The first-order valence-corrected chi connectivity index (χ1v) is 7.00. The Morgan fingerprint density at radius 3 is 2.43 bits per heavy atom. The molecular weight excluding hydrogens is 299 g/mol. The number of benzene rings is 2. The molecule has 3 N–H and O–H groups in total. The van der Waals surface area contributed by atoms with E-state index in [9.17, 15) is 14.0 Å². The number of nitrogens with two attached hydrogens (primary N) is 1. The van der Waals surface area contributed by atoms with E-state index < -0.39 is 23.8 Å². The Morgan fingerprint density at radius 2 is 1.83 bits per heavy atom. The second-order valence-electron chi connectivity index (χ2n) is 5.12. The molecule has 0 aromatic heterocycles. The van der Waals surface area contributed by atoms with Crippen molar-refractivity contribution in [1.82, 2.24) is 0 Å². The first-order chi connectivity index (χ1) is 10.9. The normalized spacial score (nSPS) is 11.6. The number of rotatable bonds is 4. The molecule has 0 saturated carbocycles. The number of anilines is 2. The van der Waals surface area contributed by atoms with Crippen LogP contribution in [0.25, 0.3) is 0 Å². The van der Waals surface area contributed by atoms with Gasteiger partial charge in [0, 0.05) is 11.4 Å². The molecule has 0 aliphatic heterocycles. The topological polar surface area (TPSA) is 81.4 Å². The maximum Gasteiger partial charge on any atom is 0.338 e. The Morgan fingerprint density at radius 1 is 1.17 bits per heavy atom. The summed E-state index contributed by atoms with van der Waals surface area (Å²) < 4.78 is 17.9. The van der Waals surface area contributed by atoms with Gasteiger partial charge < -0.3 is 15.8 Å². The van der Waals surface area contributed by atoms with E-state index in [1.807, 2.05) is 6.92 Å². The Bertz CT molecular complexity index is 729. The molecule has 23 heavy (non-hydrogen) atoms. The van der Waals surface area contributed by atoms with Gasteiger partial charge in [-0.05, 0) is 55.8 Å². The van der Waals surface area contributed by atoms with Crippen molar-refractivity contribution in [2.75, 3.05) is 11.1 Å². The van der Waals surface area contributed by atoms with Crippen LogP contribution in [0.4, 0.5) is 15.8 Å². The zero-order chi connectivity index (χ0) is 17.0. The lowest BCUT2D eigenvalue weighted by Gasteiger charge is -2.14. The number of nitrogens with one attached hydrogen (secondary N) is 1. The van der Waals surface area contributed by atoms with Crippen LogP contribution in [0.1, 0.15) is 22.8 Å². The lowest BCUT2D eigenvalue weighted by atomic mass is 10.1. The maximum absolute atomic E-state index is 12.8. The third-order valence-corrected chi connectivity index (χ3v) is 3.28. The lowest BCUT2D eigenvalue weighted by Crippen LogP contribution is -2.30. The fourth-order valence-electron chi connectivity index (χ4n) is 1.83. The quantitative estimate of drug-likeness (QED) is 0.671. The van der Waals surface area contributed by atoms with Crippen LogP contribution < -0.4 is 11.1 Å². The van der Waals surface area contributed by atoms with E-state index in [1.54, 1.807) is 12.1 Å². The van der Waals surface area contributed by atoms with E-state index in [2.05, 4.69) is 5.32 Å². The molecule has 0 heterocycles. The number of amides is 1. The van der Waals surface area contributed by atoms with Crippen LogP contribution in [-0.4, -0.2) is 18.0 Å². The monoisotopic (exact) mass is 316 g/mol. The molecular formula is C17H17FN2O3. The molecule has 2 aromatic carbocycles. The van der Waals surface area contributed by atoms with Gasteiger partial charge >= 0.3 is 5.97 Å². The summed E-state index contributed by atoms with van der Waals surface area (Å²) in [6.07, 6.45) is -1.00. The van der Waals surface area contributed by atoms with Gasteiger partial charge in [0.2, 0.25) is 0 Å². The Balaban J connectivity index is 1.98. The molecule has 1 unspecified atom stereocenters. The van der Waals surface area contributed by atoms with Gasteiger partial charge in [0.15, 0.2) is 6.10 Å². The number of nitrogen functional groups attached to an aromatic ring is 1. The van der Waals surface area contributed by atoms with Crippen LogP contribution >= 0.6 is 0 Å². The van der Waals surface area contributed by atoms with Gasteiger partial charge in [0.05, 0.1) is 5.56 Å². The van der Waals surface area contributed by atoms with E-state index in [4.69, 9.17) is 10.5 Å². The van der Waals surface area contributed by atoms with Crippen LogP contribution in [-0.2, 0) is 9.53 Å². The van der Waals surface area contributed by atoms with Crippen molar-refractivity contribution >= 4 is 23.3 Å². The van der Waals surface area contributed by atoms with Crippen LogP contribution in [0.5, 0.6) is 0 Å². The van der Waals surface area contributed by atoms with E-state index >= 15 is 0 Å². The zero-order valence-electron chi connectivity index (χ0n) is 12.8. The van der Waals surface area contributed by atoms with Crippen LogP contribution in [0.15, 0.2) is 42.5 Å². The minimum atomic E-state index is -1.00. The molecule has 1 amide bonds. The van der Waals surface area contributed by atoms with Crippen molar-refractivity contribution in [3.8, 4) is 0 Å². The van der Waals surface area contributed by atoms with E-state index in [0.29, 0.717) is 11.4 Å². The average Bonchev–Trinajstić information content (AvgIpc) is 2.52. The number of hydrogen-bond donors (Lipinski definition) is 2. The van der Waals surface area contributed by atoms with Gasteiger partial charge in [0.25, 0.3) is 5.91 Å². The van der Waals surface area contributed by atoms with Crippen molar-refractivity contribution in [1.29, 1.82) is 0 Å². The van der Waals surface area contributed by atoms with Crippen molar-refractivity contribution in [3.05, 3.63) is 59.4 Å². The van der Waals surface area contributed by atoms with Crippen molar-refractivity contribution in [3.63, 3.8) is 0 Å². The Labute approximate surface area is 133 Å². The number of aryl methyl sites for hydroxylation is 1. The van der Waals surface area contributed by atoms with Crippen molar-refractivity contribution < 1.29 is 18.7 Å². The predicted octanol–water partition coefficient (Wildman–Crippen LogP) is 2.90. The maximum atomic E-state index is 12.8. The minimum absolute atomic E-state index is 0.273. The smallest absolute Gasteiger partial charge is 0.338 e. The van der Waals surface area contributed by atoms with Crippen LogP contribution in [0.2, 0.25) is 0 Å². The minimum Gasteiger partial charge on any atom is -0.449 e. The number of halogens is 1. The molecule has 0 saturated heterocycles. The van der Waals surface area contributed by atoms with Gasteiger partial charge in [-0.15, -0.1) is 0 Å². The highest BCUT2D eigenvalue weighted by Crippen LogP contribution is 2.15. The van der Waals surface area contributed by atoms with Gasteiger partial charge in [-0.3, -0.25) is 4.79 Å². The van der Waals surface area contributed by atoms with E-state index in [0.717, 1.165) is 5.56 Å². The number of esters is 1. The summed E-state index contributed by atoms with van der Waals surface area (Å²) in [5.74, 6) is -1.55. The van der Waals surface area contributed by atoms with Gasteiger partial charge in [0.1, 0.15) is 5.82 Å². The van der Waals surface area contributed by atoms with Gasteiger partial charge in [-0.1, -0.05) is 6.07 Å². The molecule has 0 spiro atoms.